The van der Waals surface area contributed by atoms with Gasteiger partial charge < -0.3 is 15.5 Å². The Kier molecular flexibility index (Phi) is 7.96. The van der Waals surface area contributed by atoms with Gasteiger partial charge in [-0.25, -0.2) is 0 Å². The fraction of sp³-hybridized carbons (Fsp3) is 0.654. The monoisotopic (exact) mass is 441 g/mol. The smallest absolute Gasteiger partial charge is 0.251 e. The Morgan fingerprint density at radius 1 is 0.969 bits per heavy atom. The van der Waals surface area contributed by atoms with Crippen LogP contribution in [-0.2, 0) is 9.59 Å². The molecule has 1 saturated heterocycles. The van der Waals surface area contributed by atoms with Crippen molar-refractivity contribution in [1.82, 2.24) is 15.5 Å². The number of nitrogens with zero attached hydrogens (tertiary/aromatic N) is 1. The summed E-state index contributed by atoms with van der Waals surface area (Å²) in [5, 5.41) is 6.40. The second-order valence-electron chi connectivity index (χ2n) is 10.7. The first-order valence-electron chi connectivity index (χ1n) is 12.1. The highest BCUT2D eigenvalue weighted by molar-refractivity contribution is 5.95. The number of carbonyl (C=O) groups is 3. The number of piperidine rings is 1. The van der Waals surface area contributed by atoms with Crippen LogP contribution >= 0.6 is 0 Å². The zero-order valence-corrected chi connectivity index (χ0v) is 20.1. The molecule has 176 valence electrons. The third-order valence-electron chi connectivity index (χ3n) is 6.63. The predicted molar refractivity (Wildman–Crippen MR) is 126 cm³/mol. The molecule has 32 heavy (non-hydrogen) atoms. The maximum atomic E-state index is 13.1. The van der Waals surface area contributed by atoms with Gasteiger partial charge in [-0.1, -0.05) is 51.8 Å². The number of likely N-dealkylation sites (tertiary alicyclic amines) is 1. The zero-order chi connectivity index (χ0) is 23.3. The van der Waals surface area contributed by atoms with Crippen LogP contribution in [0.5, 0.6) is 0 Å². The second-order valence-corrected chi connectivity index (χ2v) is 10.7. The van der Waals surface area contributed by atoms with Gasteiger partial charge in [-0.15, -0.1) is 0 Å². The number of hydrogen-bond donors (Lipinski definition) is 2. The third kappa shape index (κ3) is 6.57. The third-order valence-corrected chi connectivity index (χ3v) is 6.63. The van der Waals surface area contributed by atoms with Crippen LogP contribution in [0.2, 0.25) is 0 Å². The Labute approximate surface area is 192 Å². The lowest BCUT2D eigenvalue weighted by atomic mass is 9.88. The van der Waals surface area contributed by atoms with Gasteiger partial charge >= 0.3 is 0 Å². The van der Waals surface area contributed by atoms with Crippen molar-refractivity contribution >= 4 is 17.7 Å². The van der Waals surface area contributed by atoms with E-state index in [1.54, 1.807) is 0 Å². The van der Waals surface area contributed by atoms with E-state index < -0.39 is 0 Å². The molecule has 6 nitrogen and oxygen atoms in total. The number of carbonyl (C=O) groups excluding carboxylic acids is 3. The van der Waals surface area contributed by atoms with E-state index in [4.69, 9.17) is 0 Å². The molecule has 2 fully saturated rings. The normalized spacial score (nSPS) is 24.0. The van der Waals surface area contributed by atoms with Gasteiger partial charge in [0.15, 0.2) is 0 Å². The lowest BCUT2D eigenvalue weighted by Crippen LogP contribution is -2.55. The number of hydrogen-bond acceptors (Lipinski definition) is 3. The zero-order valence-electron chi connectivity index (χ0n) is 20.1. The van der Waals surface area contributed by atoms with Crippen LogP contribution in [0.1, 0.15) is 81.6 Å². The van der Waals surface area contributed by atoms with Crippen molar-refractivity contribution < 1.29 is 14.4 Å². The lowest BCUT2D eigenvalue weighted by molar-refractivity contribution is -0.137. The quantitative estimate of drug-likeness (QED) is 0.729. The molecule has 0 bridgehead atoms. The first-order chi connectivity index (χ1) is 15.1. The highest BCUT2D eigenvalue weighted by atomic mass is 16.2. The van der Waals surface area contributed by atoms with Crippen molar-refractivity contribution in [2.24, 2.45) is 11.3 Å². The van der Waals surface area contributed by atoms with Crippen LogP contribution in [-0.4, -0.2) is 47.8 Å². The van der Waals surface area contributed by atoms with Crippen LogP contribution in [0.4, 0.5) is 0 Å². The molecule has 2 aliphatic rings. The van der Waals surface area contributed by atoms with E-state index in [9.17, 15) is 14.4 Å². The van der Waals surface area contributed by atoms with Crippen LogP contribution in [0, 0.1) is 18.3 Å². The van der Waals surface area contributed by atoms with Gasteiger partial charge in [-0.3, -0.25) is 14.4 Å². The van der Waals surface area contributed by atoms with Crippen LogP contribution in [0.25, 0.3) is 0 Å². The van der Waals surface area contributed by atoms with Crippen LogP contribution < -0.4 is 10.6 Å². The molecule has 3 rings (SSSR count). The van der Waals surface area contributed by atoms with Crippen molar-refractivity contribution in [3.05, 3.63) is 35.4 Å². The number of aryl methyl sites for hydroxylation is 1. The van der Waals surface area contributed by atoms with Crippen molar-refractivity contribution in [3.63, 3.8) is 0 Å². The average molecular weight is 442 g/mol. The second kappa shape index (κ2) is 10.5. The summed E-state index contributed by atoms with van der Waals surface area (Å²) >= 11 is 0. The molecule has 1 saturated carbocycles. The Balaban J connectivity index is 1.59. The fourth-order valence-electron chi connectivity index (χ4n) is 4.83. The molecule has 3 amide bonds. The van der Waals surface area contributed by atoms with Gasteiger partial charge in [-0.05, 0) is 49.7 Å². The molecule has 2 N–H and O–H groups in total. The Morgan fingerprint density at radius 3 is 2.28 bits per heavy atom. The summed E-state index contributed by atoms with van der Waals surface area (Å²) in [6.45, 7) is 9.35. The summed E-state index contributed by atoms with van der Waals surface area (Å²) in [6, 6.07) is 7.44. The minimum Gasteiger partial charge on any atom is -0.351 e. The maximum absolute atomic E-state index is 13.1. The van der Waals surface area contributed by atoms with Crippen molar-refractivity contribution in [3.8, 4) is 0 Å². The number of nitrogens with one attached hydrogen (secondary N) is 2. The largest absolute Gasteiger partial charge is 0.351 e. The summed E-state index contributed by atoms with van der Waals surface area (Å²) in [6.07, 6.45) is 5.97. The van der Waals surface area contributed by atoms with E-state index in [0.717, 1.165) is 50.6 Å². The Bertz CT molecular complexity index is 830. The molecule has 1 aromatic rings. The molecule has 0 radical (unpaired) electrons. The van der Waals surface area contributed by atoms with E-state index >= 15 is 0 Å². The van der Waals surface area contributed by atoms with Crippen LogP contribution in [0.15, 0.2) is 24.3 Å². The van der Waals surface area contributed by atoms with Gasteiger partial charge in [0.25, 0.3) is 5.91 Å². The standard InChI is InChI=1S/C26H39N3O3/c1-18-10-5-6-12-20(18)25(32)28-22-14-8-7-13-21(22)27-24(31)19-11-9-15-29(17-19)23(30)16-26(2,3)4/h5-6,10,12,19,21-22H,7-9,11,13-17H2,1-4H3,(H,27,31)(H,28,32)/t19-,21+,22+/m0/s1. The molecular formula is C26H39N3O3. The SMILES string of the molecule is Cc1ccccc1C(=O)N[C@@H]1CCCC[C@H]1NC(=O)[C@H]1CCCN(C(=O)CC(C)(C)C)C1. The summed E-state index contributed by atoms with van der Waals surface area (Å²) in [4.78, 5) is 40.5. The van der Waals surface area contributed by atoms with E-state index in [1.165, 1.54) is 0 Å². The Morgan fingerprint density at radius 2 is 1.62 bits per heavy atom. The first-order valence-corrected chi connectivity index (χ1v) is 12.1. The minimum atomic E-state index is -0.178. The number of amides is 3. The first kappa shape index (κ1) is 24.3. The Hall–Kier alpha value is -2.37. The average Bonchev–Trinajstić information content (AvgIpc) is 2.74. The predicted octanol–water partition coefficient (Wildman–Crippen LogP) is 3.83. The topological polar surface area (TPSA) is 78.5 Å². The van der Waals surface area contributed by atoms with E-state index in [1.807, 2.05) is 36.1 Å². The molecule has 6 heteroatoms. The molecule has 1 aliphatic heterocycles. The van der Waals surface area contributed by atoms with E-state index in [2.05, 4.69) is 31.4 Å². The summed E-state index contributed by atoms with van der Waals surface area (Å²) in [5.41, 5.74) is 1.57. The molecule has 1 heterocycles. The summed E-state index contributed by atoms with van der Waals surface area (Å²) in [7, 11) is 0. The number of benzene rings is 1. The van der Waals surface area contributed by atoms with E-state index in [-0.39, 0.29) is 41.1 Å². The summed E-state index contributed by atoms with van der Waals surface area (Å²) < 4.78 is 0. The van der Waals surface area contributed by atoms with Gasteiger partial charge in [0.05, 0.1) is 5.92 Å². The van der Waals surface area contributed by atoms with E-state index in [0.29, 0.717) is 18.5 Å². The molecule has 0 spiro atoms. The molecule has 0 unspecified atom stereocenters. The highest BCUT2D eigenvalue weighted by Crippen LogP contribution is 2.25. The number of rotatable bonds is 5. The van der Waals surface area contributed by atoms with Gasteiger partial charge in [0.2, 0.25) is 11.8 Å². The summed E-state index contributed by atoms with van der Waals surface area (Å²) in [5.74, 6) is -0.107. The molecular weight excluding hydrogens is 402 g/mol. The van der Waals surface area contributed by atoms with Crippen molar-refractivity contribution in [2.75, 3.05) is 13.1 Å². The molecule has 0 aromatic heterocycles. The van der Waals surface area contributed by atoms with Crippen molar-refractivity contribution in [1.29, 1.82) is 0 Å². The van der Waals surface area contributed by atoms with Crippen LogP contribution in [0.3, 0.4) is 0 Å². The minimum absolute atomic E-state index is 0.0142. The lowest BCUT2D eigenvalue weighted by Gasteiger charge is -2.37. The fourth-order valence-corrected chi connectivity index (χ4v) is 4.83. The highest BCUT2D eigenvalue weighted by Gasteiger charge is 2.33. The van der Waals surface area contributed by atoms with Crippen molar-refractivity contribution in [2.45, 2.75) is 84.7 Å². The molecule has 1 aliphatic carbocycles. The maximum Gasteiger partial charge on any atom is 0.251 e. The van der Waals surface area contributed by atoms with Gasteiger partial charge in [-0.2, -0.15) is 0 Å². The van der Waals surface area contributed by atoms with Gasteiger partial charge in [0.1, 0.15) is 0 Å². The molecule has 3 atom stereocenters. The molecule has 1 aromatic carbocycles. The van der Waals surface area contributed by atoms with Gasteiger partial charge in [0, 0.05) is 37.2 Å².